The minimum Gasteiger partial charge on any atom is -0.484 e. The minimum atomic E-state index is -3.50. The molecule has 1 unspecified atom stereocenters. The van der Waals surface area contributed by atoms with E-state index in [1.807, 2.05) is 6.92 Å². The summed E-state index contributed by atoms with van der Waals surface area (Å²) in [5.74, 6) is 0.216. The first-order valence-corrected chi connectivity index (χ1v) is 10.1. The van der Waals surface area contributed by atoms with Gasteiger partial charge in [-0.2, -0.15) is 0 Å². The molecule has 1 heterocycles. The van der Waals surface area contributed by atoms with Gasteiger partial charge in [-0.1, -0.05) is 13.3 Å². The Bertz CT molecular complexity index is 640. The van der Waals surface area contributed by atoms with Gasteiger partial charge in [0.2, 0.25) is 10.0 Å². The van der Waals surface area contributed by atoms with Crippen LogP contribution in [0.25, 0.3) is 0 Å². The van der Waals surface area contributed by atoms with Crippen molar-refractivity contribution in [3.8, 4) is 5.75 Å². The zero-order valence-corrected chi connectivity index (χ0v) is 15.3. The van der Waals surface area contributed by atoms with E-state index >= 15 is 0 Å². The molecule has 0 aliphatic carbocycles. The quantitative estimate of drug-likeness (QED) is 0.608. The van der Waals surface area contributed by atoms with Crippen molar-refractivity contribution in [2.45, 2.75) is 43.6 Å². The summed E-state index contributed by atoms with van der Waals surface area (Å²) in [7, 11) is -3.50. The van der Waals surface area contributed by atoms with Crippen LogP contribution in [0.1, 0.15) is 32.6 Å². The Labute approximate surface area is 149 Å². The van der Waals surface area contributed by atoms with Crippen LogP contribution in [0.3, 0.4) is 0 Å². The van der Waals surface area contributed by atoms with Gasteiger partial charge in [0, 0.05) is 19.7 Å². The fraction of sp³-hybridized carbons (Fsp3) is 0.588. The number of carbonyl (C=O) groups excluding carboxylic acids is 1. The van der Waals surface area contributed by atoms with Gasteiger partial charge in [0.05, 0.1) is 11.0 Å². The van der Waals surface area contributed by atoms with Crippen molar-refractivity contribution in [2.24, 2.45) is 0 Å². The maximum atomic E-state index is 12.1. The van der Waals surface area contributed by atoms with Crippen LogP contribution < -0.4 is 14.8 Å². The molecule has 0 radical (unpaired) electrons. The van der Waals surface area contributed by atoms with Crippen molar-refractivity contribution in [1.29, 1.82) is 0 Å². The fourth-order valence-corrected chi connectivity index (χ4v) is 3.49. The molecule has 1 aromatic rings. The second-order valence-electron chi connectivity index (χ2n) is 5.95. The van der Waals surface area contributed by atoms with Gasteiger partial charge in [0.15, 0.2) is 6.61 Å². The van der Waals surface area contributed by atoms with E-state index in [4.69, 9.17) is 9.47 Å². The van der Waals surface area contributed by atoms with E-state index in [-0.39, 0.29) is 23.5 Å². The molecule has 1 saturated heterocycles. The molecule has 0 saturated carbocycles. The molecular formula is C17H26N2O5S. The van der Waals surface area contributed by atoms with Crippen molar-refractivity contribution >= 4 is 15.9 Å². The third kappa shape index (κ3) is 6.64. The summed E-state index contributed by atoms with van der Waals surface area (Å²) in [5.41, 5.74) is 0. The number of hydrogen-bond acceptors (Lipinski definition) is 5. The second-order valence-corrected chi connectivity index (χ2v) is 7.72. The Hall–Kier alpha value is -1.64. The third-order valence-corrected chi connectivity index (χ3v) is 5.35. The highest BCUT2D eigenvalue weighted by molar-refractivity contribution is 7.89. The molecule has 0 spiro atoms. The molecule has 1 aliphatic rings. The van der Waals surface area contributed by atoms with Crippen LogP contribution in [0.5, 0.6) is 5.75 Å². The lowest BCUT2D eigenvalue weighted by molar-refractivity contribution is -0.123. The molecule has 2 rings (SSSR count). The first kappa shape index (κ1) is 19.7. The molecule has 1 atom stereocenters. The van der Waals surface area contributed by atoms with Crippen molar-refractivity contribution < 1.29 is 22.7 Å². The molecule has 7 nitrogen and oxygen atoms in total. The van der Waals surface area contributed by atoms with Crippen molar-refractivity contribution in [3.05, 3.63) is 24.3 Å². The van der Waals surface area contributed by atoms with E-state index in [2.05, 4.69) is 10.0 Å². The van der Waals surface area contributed by atoms with Gasteiger partial charge in [-0.05, 0) is 43.5 Å². The molecule has 1 fully saturated rings. The van der Waals surface area contributed by atoms with Crippen LogP contribution in [0.2, 0.25) is 0 Å². The maximum Gasteiger partial charge on any atom is 0.258 e. The molecule has 2 N–H and O–H groups in total. The van der Waals surface area contributed by atoms with Crippen LogP contribution >= 0.6 is 0 Å². The van der Waals surface area contributed by atoms with Gasteiger partial charge >= 0.3 is 0 Å². The Morgan fingerprint density at radius 1 is 1.32 bits per heavy atom. The number of sulfonamides is 1. The molecule has 1 aromatic carbocycles. The van der Waals surface area contributed by atoms with Crippen LogP contribution in [-0.4, -0.2) is 46.7 Å². The summed E-state index contributed by atoms with van der Waals surface area (Å²) < 4.78 is 37.5. The lowest BCUT2D eigenvalue weighted by Gasteiger charge is -2.11. The van der Waals surface area contributed by atoms with E-state index in [0.717, 1.165) is 32.3 Å². The average Bonchev–Trinajstić information content (AvgIpc) is 3.12. The number of rotatable bonds is 10. The van der Waals surface area contributed by atoms with Crippen molar-refractivity contribution in [1.82, 2.24) is 10.0 Å². The van der Waals surface area contributed by atoms with Crippen LogP contribution in [0.15, 0.2) is 29.2 Å². The fourth-order valence-electron chi connectivity index (χ4n) is 2.41. The summed E-state index contributed by atoms with van der Waals surface area (Å²) in [5, 5.41) is 2.76. The lowest BCUT2D eigenvalue weighted by Crippen LogP contribution is -2.35. The number of hydrogen-bond donors (Lipinski definition) is 2. The SMILES string of the molecule is CCCCNS(=O)(=O)c1ccc(OCC(=O)NCC2CCCO2)cc1. The molecule has 140 valence electrons. The second kappa shape index (κ2) is 9.74. The Morgan fingerprint density at radius 2 is 2.08 bits per heavy atom. The van der Waals surface area contributed by atoms with Crippen LogP contribution in [0, 0.1) is 0 Å². The Balaban J connectivity index is 1.76. The average molecular weight is 370 g/mol. The lowest BCUT2D eigenvalue weighted by atomic mass is 10.2. The van der Waals surface area contributed by atoms with Gasteiger partial charge in [-0.15, -0.1) is 0 Å². The summed E-state index contributed by atoms with van der Waals surface area (Å²) in [6.07, 6.45) is 3.79. The van der Waals surface area contributed by atoms with Crippen molar-refractivity contribution in [2.75, 3.05) is 26.3 Å². The van der Waals surface area contributed by atoms with E-state index in [9.17, 15) is 13.2 Å². The van der Waals surface area contributed by atoms with E-state index in [0.29, 0.717) is 18.8 Å². The number of unbranched alkanes of at least 4 members (excludes halogenated alkanes) is 1. The molecule has 0 bridgehead atoms. The number of benzene rings is 1. The molecule has 1 aliphatic heterocycles. The summed E-state index contributed by atoms with van der Waals surface area (Å²) >= 11 is 0. The number of amides is 1. The molecule has 25 heavy (non-hydrogen) atoms. The standard InChI is InChI=1S/C17H26N2O5S/c1-2-3-10-19-25(21,22)16-8-6-14(7-9-16)24-13-17(20)18-12-15-5-4-11-23-15/h6-9,15,19H,2-5,10-13H2,1H3,(H,18,20). The van der Waals surface area contributed by atoms with Crippen molar-refractivity contribution in [3.63, 3.8) is 0 Å². The highest BCUT2D eigenvalue weighted by Crippen LogP contribution is 2.16. The Morgan fingerprint density at radius 3 is 2.72 bits per heavy atom. The highest BCUT2D eigenvalue weighted by Gasteiger charge is 2.16. The Kier molecular flexibility index (Phi) is 7.67. The third-order valence-electron chi connectivity index (χ3n) is 3.88. The largest absolute Gasteiger partial charge is 0.484 e. The van der Waals surface area contributed by atoms with E-state index < -0.39 is 10.0 Å². The summed E-state index contributed by atoms with van der Waals surface area (Å²) in [4.78, 5) is 11.9. The van der Waals surface area contributed by atoms with E-state index in [1.54, 1.807) is 12.1 Å². The van der Waals surface area contributed by atoms with Gasteiger partial charge in [0.1, 0.15) is 5.75 Å². The van der Waals surface area contributed by atoms with Gasteiger partial charge in [0.25, 0.3) is 5.91 Å². The van der Waals surface area contributed by atoms with Crippen LogP contribution in [0.4, 0.5) is 0 Å². The summed E-state index contributed by atoms with van der Waals surface area (Å²) in [6.45, 7) is 3.54. The topological polar surface area (TPSA) is 93.7 Å². The highest BCUT2D eigenvalue weighted by atomic mass is 32.2. The zero-order valence-electron chi connectivity index (χ0n) is 14.5. The minimum absolute atomic E-state index is 0.0913. The first-order chi connectivity index (χ1) is 12.0. The van der Waals surface area contributed by atoms with Gasteiger partial charge in [-0.25, -0.2) is 13.1 Å². The van der Waals surface area contributed by atoms with Gasteiger partial charge in [-0.3, -0.25) is 4.79 Å². The smallest absolute Gasteiger partial charge is 0.258 e. The van der Waals surface area contributed by atoms with Crippen LogP contribution in [-0.2, 0) is 19.6 Å². The van der Waals surface area contributed by atoms with E-state index in [1.165, 1.54) is 12.1 Å². The monoisotopic (exact) mass is 370 g/mol. The molecule has 1 amide bonds. The van der Waals surface area contributed by atoms with Gasteiger partial charge < -0.3 is 14.8 Å². The molecular weight excluding hydrogens is 344 g/mol. The molecule has 0 aromatic heterocycles. The predicted molar refractivity (Wildman–Crippen MR) is 94.0 cm³/mol. The predicted octanol–water partition coefficient (Wildman–Crippen LogP) is 1.44. The zero-order chi connectivity index (χ0) is 18.1. The normalized spacial score (nSPS) is 17.4. The molecule has 8 heteroatoms. The number of ether oxygens (including phenoxy) is 2. The summed E-state index contributed by atoms with van der Waals surface area (Å²) in [6, 6.07) is 6.02. The number of carbonyl (C=O) groups is 1. The first-order valence-electron chi connectivity index (χ1n) is 8.62. The maximum absolute atomic E-state index is 12.1. The number of nitrogens with one attached hydrogen (secondary N) is 2.